The molecule has 0 bridgehead atoms. The number of nitrogens with zero attached hydrogens (tertiary/aromatic N) is 1. The lowest BCUT2D eigenvalue weighted by Crippen LogP contribution is -2.19. The Morgan fingerprint density at radius 3 is 2.30 bits per heavy atom. The Morgan fingerprint density at radius 2 is 1.61 bits per heavy atom. The van der Waals surface area contributed by atoms with Gasteiger partial charge in [0, 0.05) is 28.4 Å². The third-order valence-corrected chi connectivity index (χ3v) is 7.33. The van der Waals surface area contributed by atoms with Crippen LogP contribution < -0.4 is 5.32 Å². The van der Waals surface area contributed by atoms with Crippen LogP contribution in [0.2, 0.25) is 0 Å². The highest BCUT2D eigenvalue weighted by Crippen LogP contribution is 2.29. The number of hydrogen-bond donors (Lipinski definition) is 1. The summed E-state index contributed by atoms with van der Waals surface area (Å²) in [5, 5.41) is 3.46. The van der Waals surface area contributed by atoms with Gasteiger partial charge in [-0.25, -0.2) is 12.8 Å². The Morgan fingerprint density at radius 1 is 0.970 bits per heavy atom. The topological polar surface area (TPSA) is 68.2 Å². The van der Waals surface area contributed by atoms with E-state index >= 15 is 0 Å². The molecule has 0 aliphatic heterocycles. The molecule has 0 saturated carbocycles. The smallest absolute Gasteiger partial charge is 0.244 e. The van der Waals surface area contributed by atoms with E-state index in [1.807, 2.05) is 32.9 Å². The molecule has 3 aromatic carbocycles. The lowest BCUT2D eigenvalue weighted by molar-refractivity contribution is -0.116. The molecule has 0 aliphatic carbocycles. The lowest BCUT2D eigenvalue weighted by atomic mass is 10.1. The van der Waals surface area contributed by atoms with Gasteiger partial charge in [0.15, 0.2) is 9.84 Å². The number of anilines is 1. The maximum atomic E-state index is 14.1. The normalized spacial score (nSPS) is 11.6. The number of hydrogen-bond acceptors (Lipinski definition) is 3. The van der Waals surface area contributed by atoms with Gasteiger partial charge in [0.2, 0.25) is 5.91 Å². The number of sulfone groups is 1. The quantitative estimate of drug-likeness (QED) is 0.420. The summed E-state index contributed by atoms with van der Waals surface area (Å²) in [5.74, 6) is -1.28. The third-order valence-electron chi connectivity index (χ3n) is 5.65. The van der Waals surface area contributed by atoms with Crippen LogP contribution in [-0.2, 0) is 26.9 Å². The number of amides is 1. The second-order valence-corrected chi connectivity index (χ2v) is 10.3. The summed E-state index contributed by atoms with van der Waals surface area (Å²) < 4.78 is 42.1. The van der Waals surface area contributed by atoms with Crippen molar-refractivity contribution >= 4 is 32.3 Å². The molecule has 1 amide bonds. The van der Waals surface area contributed by atoms with Gasteiger partial charge in [-0.3, -0.25) is 4.79 Å². The summed E-state index contributed by atoms with van der Waals surface area (Å²) in [6, 6.07) is 16.8. The predicted molar refractivity (Wildman–Crippen MR) is 129 cm³/mol. The molecule has 5 nitrogen and oxygen atoms in total. The van der Waals surface area contributed by atoms with Crippen molar-refractivity contribution < 1.29 is 17.6 Å². The van der Waals surface area contributed by atoms with Crippen LogP contribution in [0.3, 0.4) is 0 Å². The van der Waals surface area contributed by atoms with Crippen LogP contribution in [0.4, 0.5) is 10.1 Å². The van der Waals surface area contributed by atoms with Gasteiger partial charge in [0.25, 0.3) is 0 Å². The van der Waals surface area contributed by atoms with Gasteiger partial charge in [-0.1, -0.05) is 54.1 Å². The van der Waals surface area contributed by atoms with E-state index < -0.39 is 21.4 Å². The molecule has 7 heteroatoms. The van der Waals surface area contributed by atoms with E-state index in [9.17, 15) is 17.6 Å². The van der Waals surface area contributed by atoms with Crippen LogP contribution in [0.15, 0.2) is 71.8 Å². The molecular formula is C26H25FN2O3S. The lowest BCUT2D eigenvalue weighted by Gasteiger charge is -2.13. The highest BCUT2D eigenvalue weighted by Gasteiger charge is 2.23. The molecule has 1 heterocycles. The molecule has 170 valence electrons. The van der Waals surface area contributed by atoms with Crippen molar-refractivity contribution in [3.05, 3.63) is 94.9 Å². The molecule has 0 fully saturated rings. The number of aryl methyl sites for hydroxylation is 3. The fraction of sp³-hybridized carbons (Fsp3) is 0.192. The zero-order valence-corrected chi connectivity index (χ0v) is 19.5. The average Bonchev–Trinajstić information content (AvgIpc) is 3.12. The van der Waals surface area contributed by atoms with Crippen molar-refractivity contribution in [2.75, 3.05) is 5.32 Å². The van der Waals surface area contributed by atoms with Gasteiger partial charge in [-0.05, 0) is 44.0 Å². The first-order valence-electron chi connectivity index (χ1n) is 10.6. The Labute approximate surface area is 192 Å². The fourth-order valence-electron chi connectivity index (χ4n) is 4.20. The van der Waals surface area contributed by atoms with Crippen molar-refractivity contribution in [2.45, 2.75) is 38.0 Å². The van der Waals surface area contributed by atoms with Gasteiger partial charge in [0.1, 0.15) is 12.4 Å². The summed E-state index contributed by atoms with van der Waals surface area (Å²) in [6.07, 6.45) is 1.47. The first kappa shape index (κ1) is 22.7. The second-order valence-electron chi connectivity index (χ2n) is 8.31. The number of benzene rings is 3. The maximum Gasteiger partial charge on any atom is 0.244 e. The second kappa shape index (κ2) is 8.83. The van der Waals surface area contributed by atoms with Gasteiger partial charge in [-0.15, -0.1) is 0 Å². The molecule has 1 aromatic heterocycles. The number of carbonyl (C=O) groups is 1. The van der Waals surface area contributed by atoms with E-state index in [1.54, 1.807) is 34.9 Å². The highest BCUT2D eigenvalue weighted by molar-refractivity contribution is 7.90. The molecule has 0 spiro atoms. The molecule has 0 saturated heterocycles. The molecule has 4 aromatic rings. The number of para-hydroxylation sites is 1. The van der Waals surface area contributed by atoms with Crippen LogP contribution in [0.25, 0.3) is 10.9 Å². The van der Waals surface area contributed by atoms with Crippen molar-refractivity contribution in [1.82, 2.24) is 4.57 Å². The molecular weight excluding hydrogens is 439 g/mol. The number of rotatable bonds is 6. The molecule has 0 aliphatic rings. The maximum absolute atomic E-state index is 14.1. The summed E-state index contributed by atoms with van der Waals surface area (Å²) in [6.45, 7) is 5.82. The van der Waals surface area contributed by atoms with Crippen molar-refractivity contribution in [1.29, 1.82) is 0 Å². The highest BCUT2D eigenvalue weighted by atomic mass is 32.2. The Kier molecular flexibility index (Phi) is 6.08. The predicted octanol–water partition coefficient (Wildman–Crippen LogP) is 5.32. The van der Waals surface area contributed by atoms with Crippen molar-refractivity contribution in [3.63, 3.8) is 0 Å². The summed E-state index contributed by atoms with van der Waals surface area (Å²) >= 11 is 0. The zero-order valence-electron chi connectivity index (χ0n) is 18.7. The van der Waals surface area contributed by atoms with Crippen LogP contribution in [0.1, 0.15) is 22.3 Å². The minimum Gasteiger partial charge on any atom is -0.337 e. The van der Waals surface area contributed by atoms with Crippen LogP contribution >= 0.6 is 0 Å². The van der Waals surface area contributed by atoms with Gasteiger partial charge in [0.05, 0.1) is 10.6 Å². The first-order valence-corrected chi connectivity index (χ1v) is 12.2. The molecule has 0 unspecified atom stereocenters. The Balaban J connectivity index is 1.66. The van der Waals surface area contributed by atoms with E-state index in [0.29, 0.717) is 10.9 Å². The molecule has 4 rings (SSSR count). The number of fused-ring (bicyclic) bond motifs is 1. The zero-order chi connectivity index (χ0) is 23.8. The number of halogens is 1. The molecule has 0 radical (unpaired) electrons. The van der Waals surface area contributed by atoms with Crippen molar-refractivity contribution in [2.24, 2.45) is 0 Å². The largest absolute Gasteiger partial charge is 0.337 e. The first-order chi connectivity index (χ1) is 15.7. The Bertz CT molecular complexity index is 1450. The monoisotopic (exact) mass is 464 g/mol. The van der Waals surface area contributed by atoms with E-state index in [-0.39, 0.29) is 22.9 Å². The van der Waals surface area contributed by atoms with E-state index in [2.05, 4.69) is 5.32 Å². The minimum absolute atomic E-state index is 0.0531. The molecule has 1 N–H and O–H groups in total. The summed E-state index contributed by atoms with van der Waals surface area (Å²) in [4.78, 5) is 13.0. The van der Waals surface area contributed by atoms with E-state index in [1.165, 1.54) is 24.4 Å². The van der Waals surface area contributed by atoms with Crippen molar-refractivity contribution in [3.8, 4) is 0 Å². The number of carbonyl (C=O) groups excluding carboxylic acids is 1. The number of nitrogens with one attached hydrogen (secondary N) is 1. The van der Waals surface area contributed by atoms with Gasteiger partial charge >= 0.3 is 0 Å². The third kappa shape index (κ3) is 4.68. The average molecular weight is 465 g/mol. The Hall–Kier alpha value is -3.45. The van der Waals surface area contributed by atoms with Crippen LogP contribution in [-0.4, -0.2) is 18.9 Å². The minimum atomic E-state index is -3.85. The SMILES string of the molecule is Cc1cc(C)c(NC(=O)Cn2cc(S(=O)(=O)Cc3ccccc3F)c3ccccc32)c(C)c1. The molecule has 33 heavy (non-hydrogen) atoms. The standard InChI is InChI=1S/C26H25FN2O3S/c1-17-12-18(2)26(19(3)13-17)28-25(30)15-29-14-24(21-9-5-7-11-23(21)29)33(31,32)16-20-8-4-6-10-22(20)27/h4-14H,15-16H2,1-3H3,(H,28,30). The fourth-order valence-corrected chi connectivity index (χ4v) is 5.80. The summed E-state index contributed by atoms with van der Waals surface area (Å²) in [5.41, 5.74) is 4.53. The van der Waals surface area contributed by atoms with Crippen LogP contribution in [0.5, 0.6) is 0 Å². The van der Waals surface area contributed by atoms with E-state index in [4.69, 9.17) is 0 Å². The molecule has 0 atom stereocenters. The van der Waals surface area contributed by atoms with Gasteiger partial charge < -0.3 is 9.88 Å². The van der Waals surface area contributed by atoms with Crippen LogP contribution in [0, 0.1) is 26.6 Å². The number of aromatic nitrogens is 1. The van der Waals surface area contributed by atoms with Gasteiger partial charge in [-0.2, -0.15) is 0 Å². The van der Waals surface area contributed by atoms with E-state index in [0.717, 1.165) is 22.4 Å². The summed E-state index contributed by atoms with van der Waals surface area (Å²) in [7, 11) is -3.85.